The molecule has 1 atom stereocenters. The lowest BCUT2D eigenvalue weighted by Gasteiger charge is -2.37. The van der Waals surface area contributed by atoms with Crippen LogP contribution in [0.4, 0.5) is 0 Å². The number of carbonyl (C=O) groups is 2. The fraction of sp³-hybridized carbons (Fsp3) is 0.778. The Balaban J connectivity index is 2.21. The molecular weight excluding hydrogens is 200 g/mol. The highest BCUT2D eigenvalue weighted by atomic mass is 16.4. The summed E-state index contributed by atoms with van der Waals surface area (Å²) in [4.78, 5) is 21.5. The predicted octanol–water partition coefficient (Wildman–Crippen LogP) is -1.18. The molecule has 0 aromatic rings. The number of hydrogen-bond acceptors (Lipinski definition) is 4. The largest absolute Gasteiger partial charge is 0.479 e. The van der Waals surface area contributed by atoms with Crippen molar-refractivity contribution in [3.8, 4) is 0 Å². The molecule has 1 amide bonds. The number of hydrogen-bond donors (Lipinski definition) is 4. The van der Waals surface area contributed by atoms with Gasteiger partial charge in [-0.25, -0.2) is 4.79 Å². The first-order valence-electron chi connectivity index (χ1n) is 4.89. The first-order chi connectivity index (χ1) is 6.93. The van der Waals surface area contributed by atoms with Crippen LogP contribution >= 0.6 is 0 Å². The summed E-state index contributed by atoms with van der Waals surface area (Å²) < 4.78 is 0. The van der Waals surface area contributed by atoms with Crippen LogP contribution < -0.4 is 11.1 Å². The molecule has 5 N–H and O–H groups in total. The highest BCUT2D eigenvalue weighted by Crippen LogP contribution is 2.31. The number of amides is 1. The van der Waals surface area contributed by atoms with Crippen molar-refractivity contribution < 1.29 is 19.8 Å². The van der Waals surface area contributed by atoms with Gasteiger partial charge >= 0.3 is 5.97 Å². The summed E-state index contributed by atoms with van der Waals surface area (Å²) in [6, 6.07) is 0. The minimum Gasteiger partial charge on any atom is -0.479 e. The zero-order valence-corrected chi connectivity index (χ0v) is 8.40. The monoisotopic (exact) mass is 216 g/mol. The second kappa shape index (κ2) is 4.59. The molecule has 0 radical (unpaired) electrons. The first kappa shape index (κ1) is 11.9. The van der Waals surface area contributed by atoms with E-state index in [1.54, 1.807) is 0 Å². The molecule has 1 rings (SSSR count). The van der Waals surface area contributed by atoms with Crippen LogP contribution in [0.1, 0.15) is 25.7 Å². The van der Waals surface area contributed by atoms with E-state index in [1.807, 2.05) is 0 Å². The third-order valence-electron chi connectivity index (χ3n) is 2.64. The highest BCUT2D eigenvalue weighted by molar-refractivity contribution is 5.79. The topological polar surface area (TPSA) is 113 Å². The van der Waals surface area contributed by atoms with Gasteiger partial charge in [0.15, 0.2) is 6.10 Å². The molecule has 0 bridgehead atoms. The van der Waals surface area contributed by atoms with Gasteiger partial charge in [0.2, 0.25) is 5.91 Å². The Bertz CT molecular complexity index is 263. The van der Waals surface area contributed by atoms with E-state index in [0.717, 1.165) is 19.3 Å². The van der Waals surface area contributed by atoms with Gasteiger partial charge in [0, 0.05) is 12.0 Å². The third kappa shape index (κ3) is 3.49. The molecule has 1 saturated carbocycles. The first-order valence-corrected chi connectivity index (χ1v) is 4.89. The summed E-state index contributed by atoms with van der Waals surface area (Å²) in [5.41, 5.74) is 5.41. The Kier molecular flexibility index (Phi) is 3.65. The Hall–Kier alpha value is -1.14. The van der Waals surface area contributed by atoms with Crippen LogP contribution in [-0.2, 0) is 9.59 Å². The van der Waals surface area contributed by atoms with Gasteiger partial charge in [0.1, 0.15) is 0 Å². The summed E-state index contributed by atoms with van der Waals surface area (Å²) >= 11 is 0. The molecule has 15 heavy (non-hydrogen) atoms. The van der Waals surface area contributed by atoms with Gasteiger partial charge in [-0.15, -0.1) is 0 Å². The van der Waals surface area contributed by atoms with Crippen molar-refractivity contribution in [2.45, 2.75) is 37.3 Å². The van der Waals surface area contributed by atoms with Crippen LogP contribution in [0.15, 0.2) is 0 Å². The quantitative estimate of drug-likeness (QED) is 0.462. The molecule has 86 valence electrons. The zero-order chi connectivity index (χ0) is 11.5. The maximum absolute atomic E-state index is 11.3. The Morgan fingerprint density at radius 3 is 2.47 bits per heavy atom. The van der Waals surface area contributed by atoms with Gasteiger partial charge in [0.25, 0.3) is 0 Å². The van der Waals surface area contributed by atoms with Crippen LogP contribution in [0.5, 0.6) is 0 Å². The number of aliphatic hydroxyl groups is 1. The molecule has 6 nitrogen and oxygen atoms in total. The van der Waals surface area contributed by atoms with Crippen LogP contribution in [0, 0.1) is 0 Å². The second-order valence-electron chi connectivity index (χ2n) is 4.05. The maximum Gasteiger partial charge on any atom is 0.334 e. The van der Waals surface area contributed by atoms with Gasteiger partial charge in [-0.1, -0.05) is 0 Å². The molecule has 1 aliphatic rings. The molecule has 0 spiro atoms. The fourth-order valence-corrected chi connectivity index (χ4v) is 1.49. The van der Waals surface area contributed by atoms with Gasteiger partial charge in [-0.3, -0.25) is 4.79 Å². The van der Waals surface area contributed by atoms with Crippen molar-refractivity contribution in [3.05, 3.63) is 0 Å². The summed E-state index contributed by atoms with van der Waals surface area (Å²) in [5, 5.41) is 19.6. The molecule has 0 aromatic carbocycles. The van der Waals surface area contributed by atoms with Crippen molar-refractivity contribution in [1.29, 1.82) is 0 Å². The minimum atomic E-state index is -1.55. The molecule has 0 saturated heterocycles. The number of aliphatic hydroxyl groups excluding tert-OH is 1. The van der Waals surface area contributed by atoms with Crippen molar-refractivity contribution >= 4 is 11.9 Å². The van der Waals surface area contributed by atoms with E-state index in [0.29, 0.717) is 0 Å². The average molecular weight is 216 g/mol. The summed E-state index contributed by atoms with van der Waals surface area (Å²) in [7, 11) is 0. The lowest BCUT2D eigenvalue weighted by molar-refractivity contribution is -0.146. The number of carboxylic acid groups (broad SMARTS) is 1. The second-order valence-corrected chi connectivity index (χ2v) is 4.05. The van der Waals surface area contributed by atoms with Crippen LogP contribution in [0.3, 0.4) is 0 Å². The number of aliphatic carboxylic acids is 1. The van der Waals surface area contributed by atoms with Crippen molar-refractivity contribution in [3.63, 3.8) is 0 Å². The summed E-state index contributed by atoms with van der Waals surface area (Å²) in [5.74, 6) is -1.65. The lowest BCUT2D eigenvalue weighted by Crippen LogP contribution is -2.50. The van der Waals surface area contributed by atoms with Crippen molar-refractivity contribution in [2.24, 2.45) is 5.73 Å². The van der Waals surface area contributed by atoms with Crippen LogP contribution in [0.25, 0.3) is 0 Å². The van der Waals surface area contributed by atoms with E-state index in [1.165, 1.54) is 0 Å². The molecule has 0 aliphatic heterocycles. The predicted molar refractivity (Wildman–Crippen MR) is 52.0 cm³/mol. The lowest BCUT2D eigenvalue weighted by atomic mass is 9.75. The number of nitrogens with one attached hydrogen (secondary N) is 1. The zero-order valence-electron chi connectivity index (χ0n) is 8.40. The Morgan fingerprint density at radius 2 is 2.07 bits per heavy atom. The van der Waals surface area contributed by atoms with E-state index >= 15 is 0 Å². The standard InChI is InChI=1S/C9H16N2O4/c10-9(2-1-3-9)4-7(13)11-5-6(12)8(14)15/h6,12H,1-5,10H2,(H,11,13)(H,14,15). The molecule has 1 unspecified atom stereocenters. The van der Waals surface area contributed by atoms with Gasteiger partial charge in [-0.2, -0.15) is 0 Å². The van der Waals surface area contributed by atoms with Crippen molar-refractivity contribution in [2.75, 3.05) is 6.54 Å². The molecule has 1 aliphatic carbocycles. The Morgan fingerprint density at radius 1 is 1.47 bits per heavy atom. The van der Waals surface area contributed by atoms with E-state index < -0.39 is 17.6 Å². The van der Waals surface area contributed by atoms with Gasteiger partial charge in [-0.05, 0) is 19.3 Å². The Labute approximate surface area is 87.5 Å². The molecule has 6 heteroatoms. The van der Waals surface area contributed by atoms with Crippen LogP contribution in [-0.4, -0.2) is 40.3 Å². The summed E-state index contributed by atoms with van der Waals surface area (Å²) in [6.45, 7) is -0.274. The fourth-order valence-electron chi connectivity index (χ4n) is 1.49. The minimum absolute atomic E-state index is 0.194. The maximum atomic E-state index is 11.3. The normalized spacial score (nSPS) is 20.1. The van der Waals surface area contributed by atoms with E-state index in [-0.39, 0.29) is 18.9 Å². The smallest absolute Gasteiger partial charge is 0.334 e. The number of nitrogens with two attached hydrogens (primary N) is 1. The number of rotatable bonds is 5. The molecular formula is C9H16N2O4. The van der Waals surface area contributed by atoms with Crippen molar-refractivity contribution in [1.82, 2.24) is 5.32 Å². The van der Waals surface area contributed by atoms with Gasteiger partial charge in [0.05, 0.1) is 6.54 Å². The van der Waals surface area contributed by atoms with E-state index in [4.69, 9.17) is 15.9 Å². The molecule has 1 fully saturated rings. The number of carbonyl (C=O) groups excluding carboxylic acids is 1. The van der Waals surface area contributed by atoms with Crippen LogP contribution in [0.2, 0.25) is 0 Å². The summed E-state index contributed by atoms with van der Waals surface area (Å²) in [6.07, 6.45) is 1.31. The highest BCUT2D eigenvalue weighted by Gasteiger charge is 2.34. The molecule has 0 aromatic heterocycles. The average Bonchev–Trinajstić information content (AvgIpc) is 2.11. The van der Waals surface area contributed by atoms with Gasteiger partial charge < -0.3 is 21.3 Å². The van der Waals surface area contributed by atoms with E-state index in [2.05, 4.69) is 5.32 Å². The van der Waals surface area contributed by atoms with E-state index in [9.17, 15) is 9.59 Å². The number of carboxylic acids is 1. The molecule has 0 heterocycles. The SMILES string of the molecule is NC1(CC(=O)NCC(O)C(=O)O)CCC1. The third-order valence-corrected chi connectivity index (χ3v) is 2.64.